The third kappa shape index (κ3) is 2.97. The number of carbonyl (C=O) groups is 1. The van der Waals surface area contributed by atoms with Crippen molar-refractivity contribution >= 4 is 17.4 Å². The van der Waals surface area contributed by atoms with Crippen molar-refractivity contribution in [3.05, 3.63) is 58.1 Å². The monoisotopic (exact) mass is 312 g/mol. The molecule has 0 saturated carbocycles. The average Bonchev–Trinajstić information content (AvgIpc) is 2.46. The number of ether oxygens (including phenoxy) is 2. The highest BCUT2D eigenvalue weighted by atomic mass is 35.5. The molecule has 2 rings (SSSR count). The van der Waals surface area contributed by atoms with E-state index in [1.165, 1.54) is 26.4 Å². The predicted octanol–water partition coefficient (Wildman–Crippen LogP) is 3.87. The number of ketones is 1. The van der Waals surface area contributed by atoms with Crippen LogP contribution in [0.1, 0.15) is 15.9 Å². The fourth-order valence-electron chi connectivity index (χ4n) is 1.85. The molecule has 0 aliphatic carbocycles. The van der Waals surface area contributed by atoms with E-state index in [4.69, 9.17) is 21.1 Å². The number of hydrogen-bond donors (Lipinski definition) is 0. The molecule has 0 aliphatic heterocycles. The number of carbonyl (C=O) groups excluding carboxylic acids is 1. The number of benzene rings is 2. The van der Waals surface area contributed by atoms with Gasteiger partial charge in [0.25, 0.3) is 0 Å². The van der Waals surface area contributed by atoms with Gasteiger partial charge in [-0.2, -0.15) is 0 Å². The normalized spacial score (nSPS) is 10.3. The minimum absolute atomic E-state index is 0.0415. The highest BCUT2D eigenvalue weighted by Gasteiger charge is 2.20. The maximum atomic E-state index is 13.7. The zero-order valence-electron chi connectivity index (χ0n) is 11.2. The highest BCUT2D eigenvalue weighted by molar-refractivity contribution is 6.35. The fraction of sp³-hybridized carbons (Fsp3) is 0.133. The largest absolute Gasteiger partial charge is 0.493 e. The summed E-state index contributed by atoms with van der Waals surface area (Å²) in [5, 5.41) is 0.0846. The minimum Gasteiger partial charge on any atom is -0.493 e. The van der Waals surface area contributed by atoms with Crippen LogP contribution in [0.5, 0.6) is 11.5 Å². The van der Waals surface area contributed by atoms with Gasteiger partial charge in [0.05, 0.1) is 24.8 Å². The Morgan fingerprint density at radius 2 is 1.62 bits per heavy atom. The number of halogens is 3. The Hall–Kier alpha value is -2.14. The standard InChI is InChI=1S/C15H11ClF2O3/c1-20-13-6-10(11(16)7-14(13)21-2)15(19)9-4-3-8(17)5-12(9)18/h3-7H,1-2H3. The van der Waals surface area contributed by atoms with Crippen LogP contribution in [0.15, 0.2) is 30.3 Å². The lowest BCUT2D eigenvalue weighted by Crippen LogP contribution is -2.06. The lowest BCUT2D eigenvalue weighted by Gasteiger charge is -2.11. The molecular formula is C15H11ClF2O3. The van der Waals surface area contributed by atoms with Crippen molar-refractivity contribution in [2.45, 2.75) is 0 Å². The number of rotatable bonds is 4. The second kappa shape index (κ2) is 6.10. The predicted molar refractivity (Wildman–Crippen MR) is 74.3 cm³/mol. The first-order valence-corrected chi connectivity index (χ1v) is 6.27. The molecular weight excluding hydrogens is 302 g/mol. The third-order valence-corrected chi connectivity index (χ3v) is 3.21. The van der Waals surface area contributed by atoms with Crippen LogP contribution in [0.3, 0.4) is 0 Å². The van der Waals surface area contributed by atoms with E-state index in [1.807, 2.05) is 0 Å². The van der Waals surface area contributed by atoms with Gasteiger partial charge in [-0.15, -0.1) is 0 Å². The molecule has 0 bridgehead atoms. The van der Waals surface area contributed by atoms with Crippen LogP contribution in [0.25, 0.3) is 0 Å². The summed E-state index contributed by atoms with van der Waals surface area (Å²) in [6.45, 7) is 0. The molecule has 0 unspecified atom stereocenters. The maximum Gasteiger partial charge on any atom is 0.197 e. The van der Waals surface area contributed by atoms with Crippen molar-refractivity contribution in [3.63, 3.8) is 0 Å². The van der Waals surface area contributed by atoms with E-state index in [9.17, 15) is 13.6 Å². The minimum atomic E-state index is -0.953. The molecule has 21 heavy (non-hydrogen) atoms. The Labute approximate surface area is 125 Å². The van der Waals surface area contributed by atoms with Gasteiger partial charge in [-0.05, 0) is 18.2 Å². The lowest BCUT2D eigenvalue weighted by molar-refractivity contribution is 0.103. The van der Waals surface area contributed by atoms with E-state index < -0.39 is 17.4 Å². The molecule has 0 heterocycles. The smallest absolute Gasteiger partial charge is 0.197 e. The summed E-state index contributed by atoms with van der Waals surface area (Å²) >= 11 is 6.01. The SMILES string of the molecule is COc1cc(Cl)c(C(=O)c2ccc(F)cc2F)cc1OC. The van der Waals surface area contributed by atoms with Gasteiger partial charge in [0, 0.05) is 17.7 Å². The van der Waals surface area contributed by atoms with Crippen molar-refractivity contribution in [2.75, 3.05) is 14.2 Å². The molecule has 0 aliphatic rings. The molecule has 0 N–H and O–H groups in total. The van der Waals surface area contributed by atoms with E-state index in [2.05, 4.69) is 0 Å². The Balaban J connectivity index is 2.53. The molecule has 0 spiro atoms. The Morgan fingerprint density at radius 1 is 1.00 bits per heavy atom. The molecule has 0 atom stereocenters. The van der Waals surface area contributed by atoms with Crippen molar-refractivity contribution in [1.82, 2.24) is 0 Å². The molecule has 0 radical (unpaired) electrons. The lowest BCUT2D eigenvalue weighted by atomic mass is 10.0. The van der Waals surface area contributed by atoms with Crippen LogP contribution in [0.4, 0.5) is 8.78 Å². The van der Waals surface area contributed by atoms with E-state index in [0.717, 1.165) is 12.1 Å². The number of hydrogen-bond acceptors (Lipinski definition) is 3. The summed E-state index contributed by atoms with van der Waals surface area (Å²) in [5.41, 5.74) is -0.231. The van der Waals surface area contributed by atoms with Gasteiger partial charge in [0.1, 0.15) is 11.6 Å². The molecule has 110 valence electrons. The van der Waals surface area contributed by atoms with Crippen LogP contribution >= 0.6 is 11.6 Å². The van der Waals surface area contributed by atoms with Gasteiger partial charge >= 0.3 is 0 Å². The third-order valence-electron chi connectivity index (χ3n) is 2.89. The zero-order chi connectivity index (χ0) is 15.6. The Kier molecular flexibility index (Phi) is 4.43. The first-order chi connectivity index (χ1) is 9.97. The Morgan fingerprint density at radius 3 is 2.19 bits per heavy atom. The molecule has 6 heteroatoms. The summed E-state index contributed by atoms with van der Waals surface area (Å²) in [5.74, 6) is -1.75. The van der Waals surface area contributed by atoms with Crippen molar-refractivity contribution < 1.29 is 23.0 Å². The Bertz CT molecular complexity index is 702. The molecule has 3 nitrogen and oxygen atoms in total. The topological polar surface area (TPSA) is 35.5 Å². The molecule has 0 aromatic heterocycles. The van der Waals surface area contributed by atoms with Crippen molar-refractivity contribution in [2.24, 2.45) is 0 Å². The van der Waals surface area contributed by atoms with E-state index in [0.29, 0.717) is 11.8 Å². The molecule has 0 fully saturated rings. The first kappa shape index (κ1) is 15.3. The van der Waals surface area contributed by atoms with E-state index in [-0.39, 0.29) is 21.9 Å². The van der Waals surface area contributed by atoms with Crippen LogP contribution in [0, 0.1) is 11.6 Å². The molecule has 0 amide bonds. The van der Waals surface area contributed by atoms with Crippen LogP contribution in [-0.4, -0.2) is 20.0 Å². The van der Waals surface area contributed by atoms with Crippen LogP contribution in [0.2, 0.25) is 5.02 Å². The highest BCUT2D eigenvalue weighted by Crippen LogP contribution is 2.34. The summed E-state index contributed by atoms with van der Waals surface area (Å²) in [6, 6.07) is 5.47. The maximum absolute atomic E-state index is 13.7. The summed E-state index contributed by atoms with van der Waals surface area (Å²) in [6.07, 6.45) is 0. The van der Waals surface area contributed by atoms with Crippen LogP contribution in [-0.2, 0) is 0 Å². The second-order valence-corrected chi connectivity index (χ2v) is 4.55. The molecule has 2 aromatic rings. The molecule has 2 aromatic carbocycles. The first-order valence-electron chi connectivity index (χ1n) is 5.89. The quantitative estimate of drug-likeness (QED) is 0.804. The zero-order valence-corrected chi connectivity index (χ0v) is 12.0. The van der Waals surface area contributed by atoms with Gasteiger partial charge in [0.15, 0.2) is 17.3 Å². The second-order valence-electron chi connectivity index (χ2n) is 4.14. The van der Waals surface area contributed by atoms with Gasteiger partial charge in [0.2, 0.25) is 0 Å². The van der Waals surface area contributed by atoms with Crippen molar-refractivity contribution in [3.8, 4) is 11.5 Å². The fourth-order valence-corrected chi connectivity index (χ4v) is 2.09. The van der Waals surface area contributed by atoms with Crippen molar-refractivity contribution in [1.29, 1.82) is 0 Å². The van der Waals surface area contributed by atoms with Gasteiger partial charge in [-0.3, -0.25) is 4.79 Å². The van der Waals surface area contributed by atoms with Crippen LogP contribution < -0.4 is 9.47 Å². The number of methoxy groups -OCH3 is 2. The van der Waals surface area contributed by atoms with Gasteiger partial charge in [-0.1, -0.05) is 11.6 Å². The van der Waals surface area contributed by atoms with Gasteiger partial charge < -0.3 is 9.47 Å². The molecule has 0 saturated heterocycles. The summed E-state index contributed by atoms with van der Waals surface area (Å²) in [4.78, 5) is 12.3. The average molecular weight is 313 g/mol. The van der Waals surface area contributed by atoms with E-state index >= 15 is 0 Å². The summed E-state index contributed by atoms with van der Waals surface area (Å²) in [7, 11) is 2.83. The summed E-state index contributed by atoms with van der Waals surface area (Å²) < 4.78 is 36.7. The van der Waals surface area contributed by atoms with E-state index in [1.54, 1.807) is 0 Å². The van der Waals surface area contributed by atoms with Gasteiger partial charge in [-0.25, -0.2) is 8.78 Å².